The number of hydrogen-bond donors (Lipinski definition) is 2. The van der Waals surface area contributed by atoms with E-state index in [0.717, 1.165) is 6.54 Å². The molecule has 1 saturated heterocycles. The highest BCUT2D eigenvalue weighted by atomic mass is 35.5. The highest BCUT2D eigenvalue weighted by Crippen LogP contribution is 1.91. The van der Waals surface area contributed by atoms with Crippen LogP contribution in [-0.2, 0) is 4.79 Å². The Hall–Kier alpha value is -0.280. The average Bonchev–Trinajstić information content (AvgIpc) is 1.80. The van der Waals surface area contributed by atoms with Crippen LogP contribution >= 0.6 is 12.4 Å². The number of amides is 1. The second-order valence-electron chi connectivity index (χ2n) is 2.54. The van der Waals surface area contributed by atoms with Crippen molar-refractivity contribution < 1.29 is 4.79 Å². The molecule has 4 heteroatoms. The van der Waals surface area contributed by atoms with Crippen LogP contribution in [0.5, 0.6) is 0 Å². The number of carbonyl (C=O) groups excluding carboxylic acids is 1. The van der Waals surface area contributed by atoms with E-state index < -0.39 is 0 Å². The van der Waals surface area contributed by atoms with Crippen molar-refractivity contribution in [2.45, 2.75) is 25.9 Å². The third-order valence-corrected chi connectivity index (χ3v) is 1.51. The van der Waals surface area contributed by atoms with E-state index in [1.807, 2.05) is 13.8 Å². The molecule has 1 fully saturated rings. The van der Waals surface area contributed by atoms with Gasteiger partial charge in [-0.25, -0.2) is 0 Å². The molecule has 0 aromatic heterocycles. The molecule has 1 aliphatic heterocycles. The molecule has 0 saturated carbocycles. The van der Waals surface area contributed by atoms with E-state index in [9.17, 15) is 4.79 Å². The highest BCUT2D eigenvalue weighted by molar-refractivity contribution is 5.85. The summed E-state index contributed by atoms with van der Waals surface area (Å²) in [4.78, 5) is 10.8. The molecule has 2 atom stereocenters. The van der Waals surface area contributed by atoms with Crippen molar-refractivity contribution in [1.29, 1.82) is 0 Å². The summed E-state index contributed by atoms with van der Waals surface area (Å²) < 4.78 is 0. The summed E-state index contributed by atoms with van der Waals surface area (Å²) >= 11 is 0. The molecule has 2 unspecified atom stereocenters. The van der Waals surface area contributed by atoms with Crippen LogP contribution in [0.2, 0.25) is 0 Å². The second-order valence-corrected chi connectivity index (χ2v) is 2.54. The van der Waals surface area contributed by atoms with Crippen molar-refractivity contribution in [3.05, 3.63) is 0 Å². The Kier molecular flexibility index (Phi) is 3.68. The third-order valence-electron chi connectivity index (χ3n) is 1.51. The minimum absolute atomic E-state index is 0. The third kappa shape index (κ3) is 2.15. The van der Waals surface area contributed by atoms with E-state index in [2.05, 4.69) is 10.6 Å². The molecule has 0 aromatic carbocycles. The molecule has 1 heterocycles. The van der Waals surface area contributed by atoms with Crippen molar-refractivity contribution in [2.75, 3.05) is 6.54 Å². The Labute approximate surface area is 67.0 Å². The standard InChI is InChI=1S/C6H12N2O.ClH/c1-4-3-7-5(2)6(9)8-4;/h4-5,7H,3H2,1-2H3,(H,8,9);1H. The fourth-order valence-electron chi connectivity index (χ4n) is 0.865. The topological polar surface area (TPSA) is 41.1 Å². The van der Waals surface area contributed by atoms with Crippen molar-refractivity contribution in [3.63, 3.8) is 0 Å². The van der Waals surface area contributed by atoms with Crippen molar-refractivity contribution >= 4 is 18.3 Å². The smallest absolute Gasteiger partial charge is 0.237 e. The van der Waals surface area contributed by atoms with E-state index in [1.165, 1.54) is 0 Å². The Morgan fingerprint density at radius 1 is 1.50 bits per heavy atom. The normalized spacial score (nSPS) is 32.4. The molecule has 2 N–H and O–H groups in total. The number of nitrogens with one attached hydrogen (secondary N) is 2. The Morgan fingerprint density at radius 3 is 2.50 bits per heavy atom. The highest BCUT2D eigenvalue weighted by Gasteiger charge is 2.19. The number of piperazine rings is 1. The van der Waals surface area contributed by atoms with Gasteiger partial charge in [0.2, 0.25) is 5.91 Å². The van der Waals surface area contributed by atoms with E-state index in [4.69, 9.17) is 0 Å². The maximum Gasteiger partial charge on any atom is 0.237 e. The Morgan fingerprint density at radius 2 is 2.10 bits per heavy atom. The quantitative estimate of drug-likeness (QED) is 0.525. The van der Waals surface area contributed by atoms with Gasteiger partial charge in [-0.3, -0.25) is 4.79 Å². The molecule has 0 radical (unpaired) electrons. The number of rotatable bonds is 0. The van der Waals surface area contributed by atoms with Gasteiger partial charge >= 0.3 is 0 Å². The predicted octanol–water partition coefficient (Wildman–Crippen LogP) is -0.0954. The van der Waals surface area contributed by atoms with Gasteiger partial charge in [-0.05, 0) is 13.8 Å². The van der Waals surface area contributed by atoms with Gasteiger partial charge in [-0.15, -0.1) is 12.4 Å². The molecule has 1 aliphatic rings. The van der Waals surface area contributed by atoms with Gasteiger partial charge in [0.25, 0.3) is 0 Å². The molecule has 0 aromatic rings. The summed E-state index contributed by atoms with van der Waals surface area (Å²) in [5.41, 5.74) is 0. The molecule has 1 amide bonds. The number of carbonyl (C=O) groups is 1. The van der Waals surface area contributed by atoms with Gasteiger partial charge < -0.3 is 10.6 Å². The predicted molar refractivity (Wildman–Crippen MR) is 42.3 cm³/mol. The van der Waals surface area contributed by atoms with Crippen molar-refractivity contribution in [2.24, 2.45) is 0 Å². The zero-order valence-corrected chi connectivity index (χ0v) is 6.99. The molecule has 60 valence electrons. The lowest BCUT2D eigenvalue weighted by Gasteiger charge is -2.25. The molecule has 10 heavy (non-hydrogen) atoms. The first-order valence-corrected chi connectivity index (χ1v) is 3.24. The first-order chi connectivity index (χ1) is 4.20. The molecule has 0 aliphatic carbocycles. The van der Waals surface area contributed by atoms with Crippen LogP contribution in [0.25, 0.3) is 0 Å². The van der Waals surface area contributed by atoms with Gasteiger partial charge in [-0.2, -0.15) is 0 Å². The fraction of sp³-hybridized carbons (Fsp3) is 0.833. The summed E-state index contributed by atoms with van der Waals surface area (Å²) in [7, 11) is 0. The van der Waals surface area contributed by atoms with Crippen LogP contribution in [0.3, 0.4) is 0 Å². The van der Waals surface area contributed by atoms with Crippen LogP contribution < -0.4 is 10.6 Å². The minimum Gasteiger partial charge on any atom is -0.351 e. The summed E-state index contributed by atoms with van der Waals surface area (Å²) in [6, 6.07) is 0.273. The lowest BCUT2D eigenvalue weighted by molar-refractivity contribution is -0.124. The first-order valence-electron chi connectivity index (χ1n) is 3.24. The maximum atomic E-state index is 10.8. The monoisotopic (exact) mass is 164 g/mol. The average molecular weight is 165 g/mol. The van der Waals surface area contributed by atoms with E-state index in [1.54, 1.807) is 0 Å². The second kappa shape index (κ2) is 3.78. The zero-order valence-electron chi connectivity index (χ0n) is 6.18. The molecule has 3 nitrogen and oxygen atoms in total. The lowest BCUT2D eigenvalue weighted by atomic mass is 10.2. The van der Waals surface area contributed by atoms with E-state index in [0.29, 0.717) is 0 Å². The first kappa shape index (κ1) is 9.72. The summed E-state index contributed by atoms with van der Waals surface area (Å²) in [6.45, 7) is 4.73. The summed E-state index contributed by atoms with van der Waals surface area (Å²) in [5.74, 6) is 0.105. The van der Waals surface area contributed by atoms with Crippen molar-refractivity contribution in [1.82, 2.24) is 10.6 Å². The molecule has 1 rings (SSSR count). The van der Waals surface area contributed by atoms with Crippen LogP contribution in [0.1, 0.15) is 13.8 Å². The Bertz CT molecular complexity index is 129. The molecule has 0 bridgehead atoms. The largest absolute Gasteiger partial charge is 0.351 e. The van der Waals surface area contributed by atoms with Gasteiger partial charge in [0, 0.05) is 12.6 Å². The molecule has 0 spiro atoms. The summed E-state index contributed by atoms with van der Waals surface area (Å²) in [5, 5.41) is 5.90. The summed E-state index contributed by atoms with van der Waals surface area (Å²) in [6.07, 6.45) is 0. The number of halogens is 1. The van der Waals surface area contributed by atoms with Crippen LogP contribution in [0, 0.1) is 0 Å². The van der Waals surface area contributed by atoms with E-state index in [-0.39, 0.29) is 30.4 Å². The molecular weight excluding hydrogens is 152 g/mol. The molecular formula is C6H13ClN2O. The van der Waals surface area contributed by atoms with Crippen molar-refractivity contribution in [3.8, 4) is 0 Å². The van der Waals surface area contributed by atoms with Crippen LogP contribution in [0.15, 0.2) is 0 Å². The lowest BCUT2D eigenvalue weighted by Crippen LogP contribution is -2.55. The maximum absolute atomic E-state index is 10.8. The minimum atomic E-state index is -0.0128. The Balaban J connectivity index is 0.000000810. The zero-order chi connectivity index (χ0) is 6.85. The SMILES string of the molecule is CC1CNC(C)C(=O)N1.Cl. The van der Waals surface area contributed by atoms with Gasteiger partial charge in [-0.1, -0.05) is 0 Å². The van der Waals surface area contributed by atoms with Crippen LogP contribution in [0.4, 0.5) is 0 Å². The fourth-order valence-corrected chi connectivity index (χ4v) is 0.865. The van der Waals surface area contributed by atoms with Gasteiger partial charge in [0.15, 0.2) is 0 Å². The number of hydrogen-bond acceptors (Lipinski definition) is 2. The van der Waals surface area contributed by atoms with Gasteiger partial charge in [0.05, 0.1) is 6.04 Å². The van der Waals surface area contributed by atoms with E-state index >= 15 is 0 Å². The van der Waals surface area contributed by atoms with Crippen LogP contribution in [-0.4, -0.2) is 24.5 Å². The van der Waals surface area contributed by atoms with Gasteiger partial charge in [0.1, 0.15) is 0 Å².